The number of nitrogens with two attached hydrogens (primary N) is 1. The molecule has 1 saturated heterocycles. The second-order valence-corrected chi connectivity index (χ2v) is 16.0. The molecule has 3 aliphatic rings. The minimum absolute atomic E-state index is 0.509. The van der Waals surface area contributed by atoms with E-state index in [9.17, 15) is 4.57 Å². The summed E-state index contributed by atoms with van der Waals surface area (Å²) in [5.74, 6) is 4.75. The fourth-order valence-corrected chi connectivity index (χ4v) is 8.53. The number of nitrogen functional groups attached to an aromatic ring is 1. The number of nitrogens with one attached hydrogen (secondary N) is 1. The molecule has 8 nitrogen and oxygen atoms in total. The first-order chi connectivity index (χ1) is 19.9. The lowest BCUT2D eigenvalue weighted by molar-refractivity contribution is 0.264. The van der Waals surface area contributed by atoms with Crippen LogP contribution in [0.3, 0.4) is 0 Å². The largest absolute Gasteiger partial charge is 0.383 e. The molecule has 234 valence electrons. The lowest BCUT2D eigenvalue weighted by Crippen LogP contribution is -2.47. The second-order valence-electron chi connectivity index (χ2n) is 13.2. The molecular weight excluding hydrogens is 531 g/mol. The molecule has 2 aliphatic carbocycles. The molecule has 2 saturated carbocycles. The Kier molecular flexibility index (Phi) is 13.5. The Bertz CT molecular complexity index is 927. The van der Waals surface area contributed by atoms with Crippen LogP contribution in [0.5, 0.6) is 0 Å². The van der Waals surface area contributed by atoms with Gasteiger partial charge in [0.1, 0.15) is 11.6 Å². The molecule has 3 N–H and O–H groups in total. The first-order valence-corrected chi connectivity index (χ1v) is 19.2. The zero-order valence-electron chi connectivity index (χ0n) is 26.2. The summed E-state index contributed by atoms with van der Waals surface area (Å²) < 4.78 is 17.9. The van der Waals surface area contributed by atoms with Crippen molar-refractivity contribution in [2.45, 2.75) is 103 Å². The summed E-state index contributed by atoms with van der Waals surface area (Å²) in [6.45, 7) is 9.49. The highest BCUT2D eigenvalue weighted by atomic mass is 31.2. The summed E-state index contributed by atoms with van der Waals surface area (Å²) >= 11 is 0. The van der Waals surface area contributed by atoms with Crippen molar-refractivity contribution in [1.29, 1.82) is 0 Å². The molecule has 1 aromatic heterocycles. The molecule has 1 unspecified atom stereocenters. The summed E-state index contributed by atoms with van der Waals surface area (Å²) in [5, 5.41) is 3.52. The third-order valence-electron chi connectivity index (χ3n) is 9.87. The van der Waals surface area contributed by atoms with E-state index in [-0.39, 0.29) is 0 Å². The predicted octanol–water partition coefficient (Wildman–Crippen LogP) is 7.26. The molecule has 2 heterocycles. The van der Waals surface area contributed by atoms with Gasteiger partial charge in [0.2, 0.25) is 13.3 Å². The Hall–Kier alpha value is -1.37. The maximum Gasteiger partial charge on any atom is 0.226 e. The van der Waals surface area contributed by atoms with E-state index < -0.39 is 7.37 Å². The summed E-state index contributed by atoms with van der Waals surface area (Å²) in [4.78, 5) is 14.0. The van der Waals surface area contributed by atoms with E-state index in [4.69, 9.17) is 15.2 Å². The Balaban J connectivity index is 1.09. The standard InChI is InChI=1S/C32H59N6O2P/c1-3-40-41(2,39)24-23-37-19-21-38(22-20-37)31-25-30(33)35-32(36-31)34-26-29-17-15-28(16-18-29)14-8-5-4-7-11-27-12-9-6-10-13-27/h25,27-29H,3-24,26H2,1-2H3,(H3,33,34,35,36). The molecule has 1 aromatic rings. The van der Waals surface area contributed by atoms with Crippen molar-refractivity contribution in [3.05, 3.63) is 6.07 Å². The first-order valence-electron chi connectivity index (χ1n) is 17.0. The normalized spacial score (nSPS) is 24.3. The quantitative estimate of drug-likeness (QED) is 0.153. The highest BCUT2D eigenvalue weighted by molar-refractivity contribution is 7.58. The third-order valence-corrected chi connectivity index (χ3v) is 11.7. The van der Waals surface area contributed by atoms with Crippen LogP contribution in [0.1, 0.15) is 103 Å². The summed E-state index contributed by atoms with van der Waals surface area (Å²) in [6, 6.07) is 1.89. The van der Waals surface area contributed by atoms with Crippen LogP contribution in [0.15, 0.2) is 6.07 Å². The zero-order valence-corrected chi connectivity index (χ0v) is 27.1. The van der Waals surface area contributed by atoms with Gasteiger partial charge in [0, 0.05) is 58.2 Å². The number of hydrogen-bond donors (Lipinski definition) is 2. The smallest absolute Gasteiger partial charge is 0.226 e. The van der Waals surface area contributed by atoms with Gasteiger partial charge in [-0.3, -0.25) is 9.46 Å². The van der Waals surface area contributed by atoms with Crippen LogP contribution in [-0.2, 0) is 9.09 Å². The molecule has 3 fully saturated rings. The summed E-state index contributed by atoms with van der Waals surface area (Å²) in [5.41, 5.74) is 6.19. The van der Waals surface area contributed by atoms with E-state index in [2.05, 4.69) is 20.1 Å². The molecule has 4 rings (SSSR count). The topological polar surface area (TPSA) is 96.6 Å². The van der Waals surface area contributed by atoms with Crippen LogP contribution >= 0.6 is 7.37 Å². The number of hydrogen-bond acceptors (Lipinski definition) is 8. The summed E-state index contributed by atoms with van der Waals surface area (Å²) in [6.07, 6.45) is 22.1. The van der Waals surface area contributed by atoms with E-state index in [1.807, 2.05) is 13.0 Å². The average Bonchev–Trinajstić information content (AvgIpc) is 2.98. The number of unbranched alkanes of at least 4 members (excludes halogenated alkanes) is 3. The van der Waals surface area contributed by atoms with E-state index in [1.165, 1.54) is 96.3 Å². The Morgan fingerprint density at radius 2 is 1.54 bits per heavy atom. The van der Waals surface area contributed by atoms with Crippen molar-refractivity contribution < 1.29 is 9.09 Å². The third kappa shape index (κ3) is 11.7. The molecule has 9 heteroatoms. The van der Waals surface area contributed by atoms with Gasteiger partial charge < -0.3 is 20.5 Å². The van der Waals surface area contributed by atoms with Crippen LogP contribution in [0.25, 0.3) is 0 Å². The Morgan fingerprint density at radius 1 is 0.902 bits per heavy atom. The highest BCUT2D eigenvalue weighted by Gasteiger charge is 2.24. The molecule has 0 radical (unpaired) electrons. The van der Waals surface area contributed by atoms with Gasteiger partial charge in [-0.2, -0.15) is 9.97 Å². The van der Waals surface area contributed by atoms with Crippen molar-refractivity contribution >= 4 is 25.0 Å². The zero-order chi connectivity index (χ0) is 28.9. The van der Waals surface area contributed by atoms with Gasteiger partial charge in [-0.1, -0.05) is 83.5 Å². The Labute approximate surface area is 250 Å². The van der Waals surface area contributed by atoms with Crippen molar-refractivity contribution in [3.63, 3.8) is 0 Å². The van der Waals surface area contributed by atoms with E-state index in [0.29, 0.717) is 30.5 Å². The van der Waals surface area contributed by atoms with E-state index in [1.54, 1.807) is 6.66 Å². The van der Waals surface area contributed by atoms with Crippen LogP contribution in [-0.4, -0.2) is 73.6 Å². The Morgan fingerprint density at radius 3 is 2.20 bits per heavy atom. The van der Waals surface area contributed by atoms with Crippen molar-refractivity contribution in [2.75, 3.05) is 74.7 Å². The van der Waals surface area contributed by atoms with Crippen LogP contribution in [0.4, 0.5) is 17.6 Å². The van der Waals surface area contributed by atoms with Crippen molar-refractivity contribution in [2.24, 2.45) is 17.8 Å². The van der Waals surface area contributed by atoms with Gasteiger partial charge >= 0.3 is 0 Å². The second kappa shape index (κ2) is 17.1. The lowest BCUT2D eigenvalue weighted by Gasteiger charge is -2.35. The lowest BCUT2D eigenvalue weighted by atomic mass is 9.79. The minimum atomic E-state index is -2.48. The number of rotatable bonds is 16. The fraction of sp³-hybridized carbons (Fsp3) is 0.875. The van der Waals surface area contributed by atoms with Crippen LogP contribution in [0.2, 0.25) is 0 Å². The fourth-order valence-electron chi connectivity index (χ4n) is 7.21. The van der Waals surface area contributed by atoms with Gasteiger partial charge in [0.25, 0.3) is 0 Å². The van der Waals surface area contributed by atoms with Gasteiger partial charge in [0.05, 0.1) is 6.61 Å². The van der Waals surface area contributed by atoms with Gasteiger partial charge in [0.15, 0.2) is 0 Å². The van der Waals surface area contributed by atoms with Gasteiger partial charge in [-0.25, -0.2) is 0 Å². The monoisotopic (exact) mass is 590 g/mol. The predicted molar refractivity (Wildman–Crippen MR) is 173 cm³/mol. The summed E-state index contributed by atoms with van der Waals surface area (Å²) in [7, 11) is -2.48. The number of piperazine rings is 1. The molecule has 1 aliphatic heterocycles. The van der Waals surface area contributed by atoms with Crippen LogP contribution < -0.4 is 16.0 Å². The van der Waals surface area contributed by atoms with E-state index >= 15 is 0 Å². The van der Waals surface area contributed by atoms with Gasteiger partial charge in [-0.15, -0.1) is 0 Å². The minimum Gasteiger partial charge on any atom is -0.383 e. The molecule has 0 bridgehead atoms. The number of nitrogens with zero attached hydrogens (tertiary/aromatic N) is 4. The molecule has 0 spiro atoms. The molecule has 41 heavy (non-hydrogen) atoms. The van der Waals surface area contributed by atoms with E-state index in [0.717, 1.165) is 56.9 Å². The van der Waals surface area contributed by atoms with Gasteiger partial charge in [-0.05, 0) is 37.5 Å². The molecule has 0 aromatic carbocycles. The maximum absolute atomic E-state index is 12.4. The number of anilines is 3. The SMILES string of the molecule is CCOP(C)(=O)CCN1CCN(c2cc(N)nc(NCC3CCC(CCCCCCC4CCCCC4)CC3)n2)CC1. The van der Waals surface area contributed by atoms with Crippen LogP contribution in [0, 0.1) is 17.8 Å². The molecular formula is C32H59N6O2P. The first kappa shape index (κ1) is 32.5. The molecule has 1 atom stereocenters. The highest BCUT2D eigenvalue weighted by Crippen LogP contribution is 2.42. The average molecular weight is 591 g/mol. The van der Waals surface area contributed by atoms with Crippen molar-refractivity contribution in [3.8, 4) is 0 Å². The maximum atomic E-state index is 12.4. The number of aromatic nitrogens is 2. The van der Waals surface area contributed by atoms with Crippen molar-refractivity contribution in [1.82, 2.24) is 14.9 Å². The molecule has 0 amide bonds.